The fourth-order valence-electron chi connectivity index (χ4n) is 4.11. The van der Waals surface area contributed by atoms with Gasteiger partial charge in [0.25, 0.3) is 0 Å². The van der Waals surface area contributed by atoms with E-state index < -0.39 is 0 Å². The molecule has 29 heavy (non-hydrogen) atoms. The Hall–Kier alpha value is -3.40. The van der Waals surface area contributed by atoms with E-state index in [1.54, 1.807) is 30.4 Å². The van der Waals surface area contributed by atoms with Crippen LogP contribution in [0.3, 0.4) is 0 Å². The molecule has 0 fully saturated rings. The zero-order valence-corrected chi connectivity index (χ0v) is 16.4. The van der Waals surface area contributed by atoms with Gasteiger partial charge < -0.3 is 15.4 Å². The molecule has 0 bridgehead atoms. The minimum atomic E-state index is -0.177. The van der Waals surface area contributed by atoms with E-state index in [-0.39, 0.29) is 17.7 Å². The van der Waals surface area contributed by atoms with Crippen LogP contribution in [0.2, 0.25) is 0 Å². The largest absolute Gasteiger partial charge is 0.495 e. The van der Waals surface area contributed by atoms with Crippen LogP contribution in [0.15, 0.2) is 42.3 Å². The number of nitriles is 1. The molecule has 0 spiro atoms. The molecule has 6 nitrogen and oxygen atoms in total. The highest BCUT2D eigenvalue weighted by molar-refractivity contribution is 5.62. The van der Waals surface area contributed by atoms with Gasteiger partial charge in [-0.1, -0.05) is 12.2 Å². The predicted octanol–water partition coefficient (Wildman–Crippen LogP) is 4.60. The van der Waals surface area contributed by atoms with Crippen LogP contribution < -0.4 is 15.4 Å². The van der Waals surface area contributed by atoms with Gasteiger partial charge in [0, 0.05) is 36.2 Å². The van der Waals surface area contributed by atoms with Crippen LogP contribution in [0.1, 0.15) is 35.6 Å². The van der Waals surface area contributed by atoms with E-state index in [0.717, 1.165) is 29.9 Å². The lowest BCUT2D eigenvalue weighted by Crippen LogP contribution is -2.15. The van der Waals surface area contributed by atoms with Crippen molar-refractivity contribution >= 4 is 17.5 Å². The predicted molar refractivity (Wildman–Crippen MR) is 110 cm³/mol. The van der Waals surface area contributed by atoms with Gasteiger partial charge in [-0.2, -0.15) is 10.2 Å². The SMILES string of the molecule is CNc1nc(Nc2ccc(C#N)c(OC)c2)nc2c1CC[C@H]2C1CC=CC=C1F. The Morgan fingerprint density at radius 1 is 1.28 bits per heavy atom. The molecule has 4 rings (SSSR count). The maximum absolute atomic E-state index is 14.5. The first-order chi connectivity index (χ1) is 14.1. The van der Waals surface area contributed by atoms with E-state index >= 15 is 0 Å². The average molecular weight is 391 g/mol. The first kappa shape index (κ1) is 18.9. The van der Waals surface area contributed by atoms with E-state index in [9.17, 15) is 4.39 Å². The van der Waals surface area contributed by atoms with Crippen molar-refractivity contribution < 1.29 is 9.13 Å². The molecular formula is C22H22FN5O. The molecule has 0 saturated carbocycles. The van der Waals surface area contributed by atoms with Crippen LogP contribution in [0.5, 0.6) is 5.75 Å². The third-order valence-electron chi connectivity index (χ3n) is 5.53. The zero-order chi connectivity index (χ0) is 20.4. The number of hydrogen-bond acceptors (Lipinski definition) is 6. The van der Waals surface area contributed by atoms with Gasteiger partial charge in [0.05, 0.1) is 18.4 Å². The number of allylic oxidation sites excluding steroid dienone is 4. The number of benzene rings is 1. The number of ether oxygens (including phenoxy) is 1. The fraction of sp³-hybridized carbons (Fsp3) is 0.318. The molecule has 2 N–H and O–H groups in total. The number of methoxy groups -OCH3 is 1. The van der Waals surface area contributed by atoms with Gasteiger partial charge in [0.2, 0.25) is 5.95 Å². The number of halogens is 1. The lowest BCUT2D eigenvalue weighted by atomic mass is 9.84. The lowest BCUT2D eigenvalue weighted by molar-refractivity contribution is 0.389. The summed E-state index contributed by atoms with van der Waals surface area (Å²) in [4.78, 5) is 9.35. The summed E-state index contributed by atoms with van der Waals surface area (Å²) < 4.78 is 19.7. The zero-order valence-electron chi connectivity index (χ0n) is 16.4. The Labute approximate surface area is 169 Å². The van der Waals surface area contributed by atoms with E-state index in [4.69, 9.17) is 15.0 Å². The monoisotopic (exact) mass is 391 g/mol. The standard InChI is InChI=1S/C22H22FN5O/c1-25-21-17-10-9-16(15-5-3-4-6-18(15)23)20(17)27-22(28-21)26-14-8-7-13(12-24)19(11-14)29-2/h3-4,6-8,11,15-16H,5,9-10H2,1-2H3,(H2,25,26,27,28)/t15?,16-/m0/s1. The Morgan fingerprint density at radius 2 is 2.14 bits per heavy atom. The second-order valence-corrected chi connectivity index (χ2v) is 7.13. The Kier molecular flexibility index (Phi) is 5.17. The van der Waals surface area contributed by atoms with Crippen molar-refractivity contribution in [1.82, 2.24) is 9.97 Å². The second kappa shape index (κ2) is 7.92. The highest BCUT2D eigenvalue weighted by Gasteiger charge is 2.35. The lowest BCUT2D eigenvalue weighted by Gasteiger charge is -2.23. The normalized spacial score (nSPS) is 19.9. The number of anilines is 3. The van der Waals surface area contributed by atoms with Gasteiger partial charge in [-0.05, 0) is 37.5 Å². The summed E-state index contributed by atoms with van der Waals surface area (Å²) in [6, 6.07) is 7.30. The van der Waals surface area contributed by atoms with Crippen molar-refractivity contribution in [3.63, 3.8) is 0 Å². The van der Waals surface area contributed by atoms with Crippen molar-refractivity contribution in [3.8, 4) is 11.8 Å². The molecule has 148 valence electrons. The number of rotatable bonds is 5. The summed E-state index contributed by atoms with van der Waals surface area (Å²) >= 11 is 0. The molecule has 2 aliphatic carbocycles. The molecule has 0 saturated heterocycles. The molecule has 2 aliphatic rings. The van der Waals surface area contributed by atoms with E-state index in [2.05, 4.69) is 21.7 Å². The molecule has 1 aromatic carbocycles. The molecule has 0 amide bonds. The maximum atomic E-state index is 14.5. The topological polar surface area (TPSA) is 82.9 Å². The molecule has 1 heterocycles. The van der Waals surface area contributed by atoms with Crippen molar-refractivity contribution in [2.24, 2.45) is 5.92 Å². The molecule has 0 aliphatic heterocycles. The van der Waals surface area contributed by atoms with Crippen LogP contribution in [-0.4, -0.2) is 24.1 Å². The number of nitrogens with zero attached hydrogens (tertiary/aromatic N) is 3. The molecule has 7 heteroatoms. The molecule has 2 aromatic rings. The quantitative estimate of drug-likeness (QED) is 0.775. The molecule has 2 atom stereocenters. The van der Waals surface area contributed by atoms with Crippen LogP contribution in [0.4, 0.5) is 21.8 Å². The van der Waals surface area contributed by atoms with Gasteiger partial charge >= 0.3 is 0 Å². The highest BCUT2D eigenvalue weighted by Crippen LogP contribution is 2.45. The Morgan fingerprint density at radius 3 is 2.86 bits per heavy atom. The second-order valence-electron chi connectivity index (χ2n) is 7.13. The molecular weight excluding hydrogens is 369 g/mol. The van der Waals surface area contributed by atoms with Crippen molar-refractivity contribution in [1.29, 1.82) is 5.26 Å². The van der Waals surface area contributed by atoms with Gasteiger partial charge in [0.15, 0.2) is 0 Å². The van der Waals surface area contributed by atoms with Gasteiger partial charge in [-0.3, -0.25) is 0 Å². The summed E-state index contributed by atoms with van der Waals surface area (Å²) in [6.07, 6.45) is 7.69. The minimum absolute atomic E-state index is 0.0253. The summed E-state index contributed by atoms with van der Waals surface area (Å²) in [7, 11) is 3.35. The number of fused-ring (bicyclic) bond motifs is 1. The Balaban J connectivity index is 1.68. The third-order valence-corrected chi connectivity index (χ3v) is 5.53. The van der Waals surface area contributed by atoms with Crippen LogP contribution in [-0.2, 0) is 6.42 Å². The van der Waals surface area contributed by atoms with Crippen LogP contribution in [0, 0.1) is 17.2 Å². The van der Waals surface area contributed by atoms with Gasteiger partial charge in [-0.25, -0.2) is 9.37 Å². The highest BCUT2D eigenvalue weighted by atomic mass is 19.1. The first-order valence-electron chi connectivity index (χ1n) is 9.60. The molecule has 1 unspecified atom stereocenters. The van der Waals surface area contributed by atoms with Crippen molar-refractivity contribution in [2.45, 2.75) is 25.2 Å². The smallest absolute Gasteiger partial charge is 0.229 e. The van der Waals surface area contributed by atoms with E-state index in [1.807, 2.05) is 13.1 Å². The molecule has 1 aromatic heterocycles. The Bertz CT molecular complexity index is 1040. The van der Waals surface area contributed by atoms with Gasteiger partial charge in [-0.15, -0.1) is 0 Å². The van der Waals surface area contributed by atoms with E-state index in [0.29, 0.717) is 29.4 Å². The van der Waals surface area contributed by atoms with Crippen LogP contribution in [0.25, 0.3) is 0 Å². The third kappa shape index (κ3) is 3.54. The average Bonchev–Trinajstić information content (AvgIpc) is 3.17. The summed E-state index contributed by atoms with van der Waals surface area (Å²) in [6.45, 7) is 0. The van der Waals surface area contributed by atoms with E-state index in [1.165, 1.54) is 7.11 Å². The fourth-order valence-corrected chi connectivity index (χ4v) is 4.11. The summed E-state index contributed by atoms with van der Waals surface area (Å²) in [5.74, 6) is 1.44. The first-order valence-corrected chi connectivity index (χ1v) is 9.60. The number of aromatic nitrogens is 2. The molecule has 0 radical (unpaired) electrons. The summed E-state index contributed by atoms with van der Waals surface area (Å²) in [5, 5.41) is 15.5. The van der Waals surface area contributed by atoms with Crippen molar-refractivity contribution in [3.05, 3.63) is 59.1 Å². The summed E-state index contributed by atoms with van der Waals surface area (Å²) in [5.41, 5.74) is 3.12. The van der Waals surface area contributed by atoms with Crippen LogP contribution >= 0.6 is 0 Å². The van der Waals surface area contributed by atoms with Gasteiger partial charge in [0.1, 0.15) is 23.5 Å². The number of hydrogen-bond donors (Lipinski definition) is 2. The maximum Gasteiger partial charge on any atom is 0.229 e. The number of nitrogens with one attached hydrogen (secondary N) is 2. The van der Waals surface area contributed by atoms with Crippen molar-refractivity contribution in [2.75, 3.05) is 24.8 Å². The minimum Gasteiger partial charge on any atom is -0.495 e.